The normalized spacial score (nSPS) is 16.9. The lowest BCUT2D eigenvalue weighted by atomic mass is 9.96. The van der Waals surface area contributed by atoms with Crippen molar-refractivity contribution in [2.24, 2.45) is 0 Å². The lowest BCUT2D eigenvalue weighted by Gasteiger charge is -2.24. The summed E-state index contributed by atoms with van der Waals surface area (Å²) in [5, 5.41) is 6.53. The van der Waals surface area contributed by atoms with Gasteiger partial charge in [-0.1, -0.05) is 32.1 Å². The van der Waals surface area contributed by atoms with Crippen molar-refractivity contribution >= 4 is 17.3 Å². The van der Waals surface area contributed by atoms with Crippen molar-refractivity contribution in [1.29, 1.82) is 0 Å². The molecule has 122 valence electrons. The van der Waals surface area contributed by atoms with Gasteiger partial charge < -0.3 is 16.4 Å². The van der Waals surface area contributed by atoms with Crippen molar-refractivity contribution in [3.63, 3.8) is 0 Å². The summed E-state index contributed by atoms with van der Waals surface area (Å²) in [5.41, 5.74) is 8.04. The third-order valence-corrected chi connectivity index (χ3v) is 4.17. The Morgan fingerprint density at radius 3 is 2.41 bits per heavy atom. The molecule has 0 bridgehead atoms. The molecule has 1 aromatic carbocycles. The molecule has 0 saturated heterocycles. The Kier molecular flexibility index (Phi) is 6.10. The van der Waals surface area contributed by atoms with Gasteiger partial charge >= 0.3 is 0 Å². The van der Waals surface area contributed by atoms with Gasteiger partial charge in [0.2, 0.25) is 0 Å². The summed E-state index contributed by atoms with van der Waals surface area (Å²) < 4.78 is 0. The van der Waals surface area contributed by atoms with Gasteiger partial charge in [0.1, 0.15) is 0 Å². The molecule has 1 fully saturated rings. The van der Waals surface area contributed by atoms with Gasteiger partial charge in [0.05, 0.1) is 5.56 Å². The Morgan fingerprint density at radius 2 is 1.77 bits per heavy atom. The van der Waals surface area contributed by atoms with Crippen molar-refractivity contribution in [3.05, 3.63) is 23.8 Å². The number of anilines is 2. The highest BCUT2D eigenvalue weighted by molar-refractivity contribution is 6.00. The summed E-state index contributed by atoms with van der Waals surface area (Å²) in [6.07, 6.45) is 8.88. The first kappa shape index (κ1) is 16.7. The summed E-state index contributed by atoms with van der Waals surface area (Å²) in [7, 11) is 0. The van der Waals surface area contributed by atoms with Crippen LogP contribution in [0, 0.1) is 0 Å². The molecule has 4 nitrogen and oxygen atoms in total. The first-order valence-corrected chi connectivity index (χ1v) is 8.53. The Balaban J connectivity index is 2.13. The molecule has 0 unspecified atom stereocenters. The molecule has 0 spiro atoms. The second-order valence-corrected chi connectivity index (χ2v) is 6.62. The third kappa shape index (κ3) is 4.93. The van der Waals surface area contributed by atoms with E-state index in [1.807, 2.05) is 26.0 Å². The Hall–Kier alpha value is -1.71. The highest BCUT2D eigenvalue weighted by Gasteiger charge is 2.17. The summed E-state index contributed by atoms with van der Waals surface area (Å²) >= 11 is 0. The van der Waals surface area contributed by atoms with Crippen LogP contribution in [-0.4, -0.2) is 18.0 Å². The number of nitrogens with one attached hydrogen (secondary N) is 2. The van der Waals surface area contributed by atoms with Gasteiger partial charge in [-0.25, -0.2) is 0 Å². The molecule has 0 aliphatic heterocycles. The zero-order valence-electron chi connectivity index (χ0n) is 13.8. The maximum absolute atomic E-state index is 12.4. The van der Waals surface area contributed by atoms with Crippen molar-refractivity contribution in [1.82, 2.24) is 5.32 Å². The van der Waals surface area contributed by atoms with Crippen LogP contribution in [0.5, 0.6) is 0 Å². The van der Waals surface area contributed by atoms with Crippen molar-refractivity contribution in [2.45, 2.75) is 70.9 Å². The van der Waals surface area contributed by atoms with Crippen LogP contribution in [0.4, 0.5) is 11.4 Å². The largest absolute Gasteiger partial charge is 0.399 e. The predicted octanol–water partition coefficient (Wildman–Crippen LogP) is 3.93. The highest BCUT2D eigenvalue weighted by Crippen LogP contribution is 2.24. The van der Waals surface area contributed by atoms with Crippen LogP contribution in [0.25, 0.3) is 0 Å². The molecule has 1 aliphatic rings. The van der Waals surface area contributed by atoms with Gasteiger partial charge in [-0.3, -0.25) is 4.79 Å². The Labute approximate surface area is 133 Å². The minimum atomic E-state index is -0.0596. The number of carbonyl (C=O) groups excluding carboxylic acids is 1. The third-order valence-electron chi connectivity index (χ3n) is 4.17. The lowest BCUT2D eigenvalue weighted by molar-refractivity contribution is 0.0944. The topological polar surface area (TPSA) is 67.2 Å². The number of rotatable bonds is 4. The predicted molar refractivity (Wildman–Crippen MR) is 93.2 cm³/mol. The maximum Gasteiger partial charge on any atom is 0.253 e. The second-order valence-electron chi connectivity index (χ2n) is 6.62. The summed E-state index contributed by atoms with van der Waals surface area (Å²) in [6, 6.07) is 6.13. The van der Waals surface area contributed by atoms with Crippen LogP contribution in [-0.2, 0) is 0 Å². The van der Waals surface area contributed by atoms with E-state index in [2.05, 4.69) is 10.6 Å². The number of hydrogen-bond acceptors (Lipinski definition) is 3. The van der Waals surface area contributed by atoms with E-state index in [9.17, 15) is 4.79 Å². The minimum Gasteiger partial charge on any atom is -0.399 e. The molecule has 2 rings (SSSR count). The van der Waals surface area contributed by atoms with Gasteiger partial charge in [0.15, 0.2) is 0 Å². The zero-order valence-corrected chi connectivity index (χ0v) is 13.8. The molecule has 1 saturated carbocycles. The maximum atomic E-state index is 12.4. The van der Waals surface area contributed by atoms with E-state index in [1.54, 1.807) is 6.07 Å². The average Bonchev–Trinajstić information content (AvgIpc) is 2.42. The minimum absolute atomic E-state index is 0.0596. The fourth-order valence-electron chi connectivity index (χ4n) is 3.04. The number of hydrogen-bond donors (Lipinski definition) is 3. The van der Waals surface area contributed by atoms with Crippen molar-refractivity contribution in [2.75, 3.05) is 11.1 Å². The summed E-state index contributed by atoms with van der Waals surface area (Å²) in [6.45, 7) is 3.93. The van der Waals surface area contributed by atoms with Crippen molar-refractivity contribution < 1.29 is 4.79 Å². The second kappa shape index (κ2) is 8.06. The molecular formula is C18H29N3O. The van der Waals surface area contributed by atoms with E-state index in [1.165, 1.54) is 44.9 Å². The number of carbonyl (C=O) groups is 1. The smallest absolute Gasteiger partial charge is 0.253 e. The van der Waals surface area contributed by atoms with Crippen LogP contribution in [0.2, 0.25) is 0 Å². The van der Waals surface area contributed by atoms with E-state index < -0.39 is 0 Å². The van der Waals surface area contributed by atoms with Crippen LogP contribution in [0.15, 0.2) is 18.2 Å². The van der Waals surface area contributed by atoms with Crippen LogP contribution in [0.3, 0.4) is 0 Å². The highest BCUT2D eigenvalue weighted by atomic mass is 16.1. The molecule has 0 heterocycles. The standard InChI is InChI=1S/C18H29N3O/c1-13(2)20-18(22)16-12-14(19)10-11-17(16)21-15-8-6-4-3-5-7-9-15/h10-13,15,21H,3-9,19H2,1-2H3,(H,20,22). The molecule has 1 amide bonds. The van der Waals surface area contributed by atoms with Crippen LogP contribution >= 0.6 is 0 Å². The molecule has 22 heavy (non-hydrogen) atoms. The van der Waals surface area contributed by atoms with E-state index in [0.29, 0.717) is 17.3 Å². The molecule has 1 aliphatic carbocycles. The molecule has 1 aromatic rings. The molecule has 0 aromatic heterocycles. The van der Waals surface area contributed by atoms with Gasteiger partial charge in [0.25, 0.3) is 5.91 Å². The molecule has 0 atom stereocenters. The quantitative estimate of drug-likeness (QED) is 0.738. The van der Waals surface area contributed by atoms with Gasteiger partial charge in [-0.15, -0.1) is 0 Å². The number of amides is 1. The fourth-order valence-corrected chi connectivity index (χ4v) is 3.04. The molecule has 4 heteroatoms. The summed E-state index contributed by atoms with van der Waals surface area (Å²) in [5.74, 6) is -0.0596. The monoisotopic (exact) mass is 303 g/mol. The molecular weight excluding hydrogens is 274 g/mol. The lowest BCUT2D eigenvalue weighted by Crippen LogP contribution is -2.31. The fraction of sp³-hybridized carbons (Fsp3) is 0.611. The first-order valence-electron chi connectivity index (χ1n) is 8.53. The molecule has 4 N–H and O–H groups in total. The van der Waals surface area contributed by atoms with E-state index in [-0.39, 0.29) is 11.9 Å². The van der Waals surface area contributed by atoms with E-state index in [4.69, 9.17) is 5.73 Å². The van der Waals surface area contributed by atoms with Gasteiger partial charge in [-0.2, -0.15) is 0 Å². The SMILES string of the molecule is CC(C)NC(=O)c1cc(N)ccc1NC1CCCCCCC1. The Bertz CT molecular complexity index is 491. The van der Waals surface area contributed by atoms with Crippen LogP contribution in [0.1, 0.15) is 69.2 Å². The first-order chi connectivity index (χ1) is 10.6. The average molecular weight is 303 g/mol. The number of benzene rings is 1. The molecule has 0 radical (unpaired) electrons. The van der Waals surface area contributed by atoms with E-state index >= 15 is 0 Å². The number of nitrogens with two attached hydrogens (primary N) is 1. The van der Waals surface area contributed by atoms with Gasteiger partial charge in [-0.05, 0) is 44.9 Å². The van der Waals surface area contributed by atoms with E-state index in [0.717, 1.165) is 5.69 Å². The van der Waals surface area contributed by atoms with Crippen molar-refractivity contribution in [3.8, 4) is 0 Å². The number of nitrogen functional groups attached to an aromatic ring is 1. The Morgan fingerprint density at radius 1 is 1.14 bits per heavy atom. The van der Waals surface area contributed by atoms with Gasteiger partial charge in [0, 0.05) is 23.5 Å². The zero-order chi connectivity index (χ0) is 15.9. The summed E-state index contributed by atoms with van der Waals surface area (Å²) in [4.78, 5) is 12.4. The van der Waals surface area contributed by atoms with Crippen LogP contribution < -0.4 is 16.4 Å².